The Labute approximate surface area is 153 Å². The monoisotopic (exact) mass is 357 g/mol. The molecule has 0 bridgehead atoms. The third-order valence-electron chi connectivity index (χ3n) is 3.38. The lowest BCUT2D eigenvalue weighted by Gasteiger charge is -2.11. The summed E-state index contributed by atoms with van der Waals surface area (Å²) in [5, 5.41) is 2.66. The van der Waals surface area contributed by atoms with E-state index in [9.17, 15) is 9.59 Å². The van der Waals surface area contributed by atoms with Crippen molar-refractivity contribution in [2.75, 3.05) is 25.1 Å². The van der Waals surface area contributed by atoms with Crippen molar-refractivity contribution in [2.45, 2.75) is 20.8 Å². The van der Waals surface area contributed by atoms with Gasteiger partial charge >= 0.3 is 5.97 Å². The van der Waals surface area contributed by atoms with E-state index in [1.807, 2.05) is 45.0 Å². The number of rotatable bonds is 8. The number of benzene rings is 2. The number of hydrogen-bond donors (Lipinski definition) is 1. The number of nitrogens with one attached hydrogen (secondary N) is 1. The van der Waals surface area contributed by atoms with Crippen LogP contribution in [-0.4, -0.2) is 31.7 Å². The number of amides is 1. The first-order valence-corrected chi connectivity index (χ1v) is 8.36. The highest BCUT2D eigenvalue weighted by atomic mass is 16.6. The lowest BCUT2D eigenvalue weighted by molar-refractivity contribution is -0.149. The van der Waals surface area contributed by atoms with Crippen molar-refractivity contribution in [1.29, 1.82) is 0 Å². The Hall–Kier alpha value is -3.02. The molecule has 0 spiro atoms. The minimum Gasteiger partial charge on any atom is -0.492 e. The maximum atomic E-state index is 12.0. The lowest BCUT2D eigenvalue weighted by Crippen LogP contribution is -2.24. The summed E-state index contributed by atoms with van der Waals surface area (Å²) in [6.45, 7) is 5.58. The summed E-state index contributed by atoms with van der Waals surface area (Å²) in [5.74, 6) is 0.0941. The van der Waals surface area contributed by atoms with E-state index in [0.717, 1.165) is 11.1 Å². The Morgan fingerprint density at radius 2 is 1.65 bits per heavy atom. The van der Waals surface area contributed by atoms with E-state index in [2.05, 4.69) is 5.32 Å². The van der Waals surface area contributed by atoms with Crippen LogP contribution in [0.2, 0.25) is 0 Å². The van der Waals surface area contributed by atoms with Gasteiger partial charge in [0.2, 0.25) is 0 Å². The molecule has 26 heavy (non-hydrogen) atoms. The first kappa shape index (κ1) is 19.3. The van der Waals surface area contributed by atoms with Gasteiger partial charge in [0.1, 0.15) is 11.5 Å². The van der Waals surface area contributed by atoms with Gasteiger partial charge in [-0.25, -0.2) is 4.79 Å². The molecular formula is C20H23NO5. The van der Waals surface area contributed by atoms with E-state index in [4.69, 9.17) is 14.2 Å². The second kappa shape index (κ2) is 9.46. The zero-order valence-electron chi connectivity index (χ0n) is 15.2. The molecule has 2 aromatic rings. The van der Waals surface area contributed by atoms with Crippen LogP contribution in [0.25, 0.3) is 0 Å². The maximum Gasteiger partial charge on any atom is 0.344 e. The number of carbonyl (C=O) groups excluding carboxylic acids is 2. The first-order valence-electron chi connectivity index (χ1n) is 8.36. The van der Waals surface area contributed by atoms with Crippen molar-refractivity contribution in [3.8, 4) is 11.5 Å². The summed E-state index contributed by atoms with van der Waals surface area (Å²) in [6, 6.07) is 12.7. The number of aryl methyl sites for hydroxylation is 2. The largest absolute Gasteiger partial charge is 0.492 e. The van der Waals surface area contributed by atoms with Crippen LogP contribution in [0.15, 0.2) is 42.5 Å². The average molecular weight is 357 g/mol. The minimum atomic E-state index is -0.614. The Bertz CT molecular complexity index is 752. The molecule has 1 N–H and O–H groups in total. The van der Waals surface area contributed by atoms with Crippen LogP contribution in [0.5, 0.6) is 11.5 Å². The predicted octanol–water partition coefficient (Wildman–Crippen LogP) is 3.26. The summed E-state index contributed by atoms with van der Waals surface area (Å²) in [5.41, 5.74) is 2.61. The SMILES string of the molecule is CCOc1ccccc1NC(=O)COC(=O)COc1cc(C)cc(C)c1. The van der Waals surface area contributed by atoms with Gasteiger partial charge in [-0.3, -0.25) is 4.79 Å². The zero-order chi connectivity index (χ0) is 18.9. The molecule has 2 rings (SSSR count). The highest BCUT2D eigenvalue weighted by molar-refractivity contribution is 5.94. The van der Waals surface area contributed by atoms with E-state index >= 15 is 0 Å². The number of para-hydroxylation sites is 2. The normalized spacial score (nSPS) is 10.1. The molecule has 0 aromatic heterocycles. The second-order valence-corrected chi connectivity index (χ2v) is 5.75. The lowest BCUT2D eigenvalue weighted by atomic mass is 10.1. The van der Waals surface area contributed by atoms with Crippen molar-refractivity contribution in [3.05, 3.63) is 53.6 Å². The zero-order valence-corrected chi connectivity index (χ0v) is 15.2. The molecule has 0 unspecified atom stereocenters. The molecule has 138 valence electrons. The fraction of sp³-hybridized carbons (Fsp3) is 0.300. The van der Waals surface area contributed by atoms with Gasteiger partial charge in [-0.2, -0.15) is 0 Å². The third kappa shape index (κ3) is 6.12. The number of carbonyl (C=O) groups is 2. The van der Waals surface area contributed by atoms with Crippen LogP contribution in [0.3, 0.4) is 0 Å². The van der Waals surface area contributed by atoms with Crippen LogP contribution >= 0.6 is 0 Å². The van der Waals surface area contributed by atoms with Gasteiger partial charge in [-0.15, -0.1) is 0 Å². The molecule has 0 saturated carbocycles. The fourth-order valence-electron chi connectivity index (χ4n) is 2.38. The van der Waals surface area contributed by atoms with Crippen molar-refractivity contribution in [1.82, 2.24) is 0 Å². The van der Waals surface area contributed by atoms with E-state index in [1.165, 1.54) is 0 Å². The third-order valence-corrected chi connectivity index (χ3v) is 3.38. The quantitative estimate of drug-likeness (QED) is 0.734. The summed E-state index contributed by atoms with van der Waals surface area (Å²) in [7, 11) is 0. The van der Waals surface area contributed by atoms with Gasteiger partial charge in [-0.1, -0.05) is 18.2 Å². The fourth-order valence-corrected chi connectivity index (χ4v) is 2.38. The molecule has 0 aliphatic rings. The Morgan fingerprint density at radius 3 is 2.35 bits per heavy atom. The number of esters is 1. The van der Waals surface area contributed by atoms with E-state index in [1.54, 1.807) is 18.2 Å². The van der Waals surface area contributed by atoms with Gasteiger partial charge < -0.3 is 19.5 Å². The van der Waals surface area contributed by atoms with Crippen molar-refractivity contribution in [2.24, 2.45) is 0 Å². The van der Waals surface area contributed by atoms with E-state index in [-0.39, 0.29) is 6.61 Å². The molecule has 2 aromatic carbocycles. The minimum absolute atomic E-state index is 0.258. The van der Waals surface area contributed by atoms with Gasteiger partial charge in [0.05, 0.1) is 12.3 Å². The Balaban J connectivity index is 1.79. The molecule has 0 heterocycles. The molecule has 0 aliphatic heterocycles. The molecule has 0 saturated heterocycles. The number of hydrogen-bond acceptors (Lipinski definition) is 5. The van der Waals surface area contributed by atoms with Gasteiger partial charge in [0, 0.05) is 0 Å². The van der Waals surface area contributed by atoms with Crippen LogP contribution < -0.4 is 14.8 Å². The molecule has 1 amide bonds. The Morgan fingerprint density at radius 1 is 0.962 bits per heavy atom. The molecule has 0 atom stereocenters. The van der Waals surface area contributed by atoms with E-state index in [0.29, 0.717) is 23.8 Å². The molecular weight excluding hydrogens is 334 g/mol. The highest BCUT2D eigenvalue weighted by Crippen LogP contribution is 2.23. The molecule has 6 heteroatoms. The maximum absolute atomic E-state index is 12.0. The first-order chi connectivity index (χ1) is 12.5. The van der Waals surface area contributed by atoms with E-state index < -0.39 is 18.5 Å². The summed E-state index contributed by atoms with van der Waals surface area (Å²) in [4.78, 5) is 23.7. The summed E-state index contributed by atoms with van der Waals surface area (Å²) >= 11 is 0. The standard InChI is InChI=1S/C20H23NO5/c1-4-24-18-8-6-5-7-17(18)21-19(22)12-26-20(23)13-25-16-10-14(2)9-15(3)11-16/h5-11H,4,12-13H2,1-3H3,(H,21,22). The molecule has 0 aliphatic carbocycles. The second-order valence-electron chi connectivity index (χ2n) is 5.75. The summed E-state index contributed by atoms with van der Waals surface area (Å²) < 4.78 is 15.8. The smallest absolute Gasteiger partial charge is 0.344 e. The highest BCUT2D eigenvalue weighted by Gasteiger charge is 2.11. The van der Waals surface area contributed by atoms with Crippen molar-refractivity contribution < 1.29 is 23.8 Å². The van der Waals surface area contributed by atoms with Crippen LogP contribution in [-0.2, 0) is 14.3 Å². The average Bonchev–Trinajstić information content (AvgIpc) is 2.59. The van der Waals surface area contributed by atoms with Crippen LogP contribution in [0.1, 0.15) is 18.1 Å². The topological polar surface area (TPSA) is 73.9 Å². The van der Waals surface area contributed by atoms with Crippen molar-refractivity contribution >= 4 is 17.6 Å². The number of ether oxygens (including phenoxy) is 3. The predicted molar refractivity (Wildman–Crippen MR) is 98.6 cm³/mol. The van der Waals surface area contributed by atoms with Gasteiger partial charge in [0.25, 0.3) is 5.91 Å². The molecule has 0 radical (unpaired) electrons. The number of anilines is 1. The molecule has 0 fully saturated rings. The van der Waals surface area contributed by atoms with Crippen LogP contribution in [0.4, 0.5) is 5.69 Å². The molecule has 6 nitrogen and oxygen atoms in total. The Kier molecular flexibility index (Phi) is 7.02. The van der Waals surface area contributed by atoms with Crippen LogP contribution in [0, 0.1) is 13.8 Å². The summed E-state index contributed by atoms with van der Waals surface area (Å²) in [6.07, 6.45) is 0. The van der Waals surface area contributed by atoms with Gasteiger partial charge in [0.15, 0.2) is 13.2 Å². The van der Waals surface area contributed by atoms with Crippen molar-refractivity contribution in [3.63, 3.8) is 0 Å². The van der Waals surface area contributed by atoms with Gasteiger partial charge in [-0.05, 0) is 56.2 Å².